The maximum absolute atomic E-state index is 14.1. The molecule has 140 valence electrons. The number of carbonyl (C=O) groups is 1. The van der Waals surface area contributed by atoms with Crippen LogP contribution < -0.4 is 10.3 Å². The molecule has 3 aromatic rings. The summed E-state index contributed by atoms with van der Waals surface area (Å²) in [5, 5.41) is 0. The summed E-state index contributed by atoms with van der Waals surface area (Å²) in [7, 11) is 0. The van der Waals surface area contributed by atoms with Crippen LogP contribution in [0.5, 0.6) is 5.75 Å². The summed E-state index contributed by atoms with van der Waals surface area (Å²) < 4.78 is 21.6. The molecule has 2 aromatic carbocycles. The molecular weight excluding hydrogens is 357 g/mol. The second-order valence-corrected chi connectivity index (χ2v) is 7.16. The number of ether oxygens (including phenoxy) is 1. The van der Waals surface area contributed by atoms with Crippen LogP contribution in [0.25, 0.3) is 5.70 Å². The highest BCUT2D eigenvalue weighted by atomic mass is 19.1. The van der Waals surface area contributed by atoms with E-state index in [-0.39, 0.29) is 11.1 Å². The number of aromatic nitrogens is 1. The summed E-state index contributed by atoms with van der Waals surface area (Å²) in [6.45, 7) is 3.78. The van der Waals surface area contributed by atoms with Gasteiger partial charge in [0.1, 0.15) is 17.2 Å². The zero-order chi connectivity index (χ0) is 19.9. The van der Waals surface area contributed by atoms with Gasteiger partial charge in [-0.2, -0.15) is 0 Å². The molecule has 2 heterocycles. The number of nitrogens with zero attached hydrogens (tertiary/aromatic N) is 1. The van der Waals surface area contributed by atoms with Gasteiger partial charge < -0.3 is 4.74 Å². The van der Waals surface area contributed by atoms with Crippen LogP contribution in [0.15, 0.2) is 77.7 Å². The molecular formula is C23H18FNO3. The summed E-state index contributed by atoms with van der Waals surface area (Å²) >= 11 is 0. The van der Waals surface area contributed by atoms with Crippen LogP contribution in [-0.2, 0) is 0 Å². The Morgan fingerprint density at radius 1 is 1.04 bits per heavy atom. The number of rotatable bonds is 3. The lowest BCUT2D eigenvalue weighted by molar-refractivity contribution is 0.103. The number of pyridine rings is 1. The number of benzene rings is 2. The molecule has 0 radical (unpaired) electrons. The average molecular weight is 375 g/mol. The third kappa shape index (κ3) is 3.16. The quantitative estimate of drug-likeness (QED) is 0.642. The molecule has 0 spiro atoms. The van der Waals surface area contributed by atoms with E-state index < -0.39 is 17.2 Å². The first-order valence-electron chi connectivity index (χ1n) is 8.89. The van der Waals surface area contributed by atoms with Crippen LogP contribution in [-0.4, -0.2) is 16.0 Å². The minimum absolute atomic E-state index is 0.00177. The number of ketones is 1. The first-order valence-corrected chi connectivity index (χ1v) is 8.89. The van der Waals surface area contributed by atoms with E-state index in [1.54, 1.807) is 42.6 Å². The SMILES string of the molecule is CC1(C)C=C(n2ccccc2=O)c2cc(C(=O)c3ccccc3F)ccc2O1. The van der Waals surface area contributed by atoms with E-state index in [2.05, 4.69) is 0 Å². The first-order chi connectivity index (χ1) is 13.4. The minimum Gasteiger partial charge on any atom is -0.483 e. The van der Waals surface area contributed by atoms with Crippen molar-refractivity contribution in [3.05, 3.63) is 106 Å². The maximum atomic E-state index is 14.1. The number of carbonyl (C=O) groups excluding carboxylic acids is 1. The van der Waals surface area contributed by atoms with Gasteiger partial charge in [0.15, 0.2) is 5.78 Å². The van der Waals surface area contributed by atoms with Crippen LogP contribution in [0.3, 0.4) is 0 Å². The van der Waals surface area contributed by atoms with Gasteiger partial charge in [-0.1, -0.05) is 18.2 Å². The lowest BCUT2D eigenvalue weighted by Crippen LogP contribution is -2.32. The third-order valence-electron chi connectivity index (χ3n) is 4.58. The Bertz CT molecular complexity index is 1170. The van der Waals surface area contributed by atoms with Gasteiger partial charge in [0.05, 0.1) is 11.3 Å². The van der Waals surface area contributed by atoms with Crippen LogP contribution in [0.4, 0.5) is 4.39 Å². The third-order valence-corrected chi connectivity index (χ3v) is 4.58. The summed E-state index contributed by atoms with van der Waals surface area (Å²) in [6, 6.07) is 15.7. The van der Waals surface area contributed by atoms with Gasteiger partial charge >= 0.3 is 0 Å². The van der Waals surface area contributed by atoms with Gasteiger partial charge in [-0.05, 0) is 56.3 Å². The molecule has 0 aliphatic carbocycles. The molecule has 5 heteroatoms. The van der Waals surface area contributed by atoms with Crippen molar-refractivity contribution >= 4 is 11.5 Å². The van der Waals surface area contributed by atoms with Crippen molar-refractivity contribution < 1.29 is 13.9 Å². The predicted molar refractivity (Wildman–Crippen MR) is 105 cm³/mol. The predicted octanol–water partition coefficient (Wildman–Crippen LogP) is 4.28. The van der Waals surface area contributed by atoms with E-state index in [0.29, 0.717) is 22.6 Å². The molecule has 0 fully saturated rings. The van der Waals surface area contributed by atoms with Crippen molar-refractivity contribution in [3.8, 4) is 5.75 Å². The first kappa shape index (κ1) is 17.9. The molecule has 0 amide bonds. The number of hydrogen-bond donors (Lipinski definition) is 0. The van der Waals surface area contributed by atoms with Gasteiger partial charge in [0.25, 0.3) is 5.56 Å². The van der Waals surface area contributed by atoms with Crippen molar-refractivity contribution in [1.82, 2.24) is 4.57 Å². The fraction of sp³-hybridized carbons (Fsp3) is 0.130. The number of halogens is 1. The molecule has 0 N–H and O–H groups in total. The highest BCUT2D eigenvalue weighted by Crippen LogP contribution is 2.37. The second kappa shape index (κ2) is 6.60. The summed E-state index contributed by atoms with van der Waals surface area (Å²) in [5.41, 5.74) is 0.733. The van der Waals surface area contributed by atoms with Crippen LogP contribution in [0.2, 0.25) is 0 Å². The van der Waals surface area contributed by atoms with E-state index in [1.807, 2.05) is 19.9 Å². The summed E-state index contributed by atoms with van der Waals surface area (Å²) in [6.07, 6.45) is 3.51. The standard InChI is InChI=1S/C23H18FNO3/c1-23(2)14-19(25-12-6-5-9-21(25)26)17-13-15(10-11-20(17)28-23)22(27)16-7-3-4-8-18(16)24/h3-14H,1-2H3. The molecule has 0 saturated carbocycles. The Balaban J connectivity index is 1.87. The molecule has 0 unspecified atom stereocenters. The molecule has 0 bridgehead atoms. The van der Waals surface area contributed by atoms with Gasteiger partial charge in [0, 0.05) is 23.4 Å². The molecule has 28 heavy (non-hydrogen) atoms. The zero-order valence-corrected chi connectivity index (χ0v) is 15.5. The topological polar surface area (TPSA) is 48.3 Å². The monoisotopic (exact) mass is 375 g/mol. The number of fused-ring (bicyclic) bond motifs is 1. The Morgan fingerprint density at radius 3 is 2.54 bits per heavy atom. The lowest BCUT2D eigenvalue weighted by Gasteiger charge is -2.31. The van der Waals surface area contributed by atoms with Crippen LogP contribution in [0, 0.1) is 5.82 Å². The van der Waals surface area contributed by atoms with E-state index in [0.717, 1.165) is 0 Å². The smallest absolute Gasteiger partial charge is 0.255 e. The van der Waals surface area contributed by atoms with Crippen LogP contribution in [0.1, 0.15) is 35.3 Å². The molecule has 4 rings (SSSR count). The van der Waals surface area contributed by atoms with Gasteiger partial charge in [-0.15, -0.1) is 0 Å². The van der Waals surface area contributed by atoms with Crippen molar-refractivity contribution in [2.24, 2.45) is 0 Å². The van der Waals surface area contributed by atoms with E-state index in [4.69, 9.17) is 4.74 Å². The fourth-order valence-electron chi connectivity index (χ4n) is 3.31. The minimum atomic E-state index is -0.630. The highest BCUT2D eigenvalue weighted by Gasteiger charge is 2.29. The van der Waals surface area contributed by atoms with Crippen molar-refractivity contribution in [2.75, 3.05) is 0 Å². The lowest BCUT2D eigenvalue weighted by atomic mass is 9.95. The molecule has 1 aliphatic rings. The summed E-state index contributed by atoms with van der Waals surface area (Å²) in [4.78, 5) is 25.2. The van der Waals surface area contributed by atoms with Crippen LogP contribution >= 0.6 is 0 Å². The van der Waals surface area contributed by atoms with E-state index in [9.17, 15) is 14.0 Å². The van der Waals surface area contributed by atoms with E-state index >= 15 is 0 Å². The van der Waals surface area contributed by atoms with Crippen molar-refractivity contribution in [2.45, 2.75) is 19.4 Å². The Morgan fingerprint density at radius 2 is 1.79 bits per heavy atom. The Labute approximate surface area is 161 Å². The zero-order valence-electron chi connectivity index (χ0n) is 15.5. The van der Waals surface area contributed by atoms with Gasteiger partial charge in [-0.3, -0.25) is 14.2 Å². The van der Waals surface area contributed by atoms with Crippen molar-refractivity contribution in [3.63, 3.8) is 0 Å². The average Bonchev–Trinajstić information content (AvgIpc) is 2.67. The van der Waals surface area contributed by atoms with Crippen molar-refractivity contribution in [1.29, 1.82) is 0 Å². The Hall–Kier alpha value is -3.47. The molecule has 1 aliphatic heterocycles. The Kier molecular flexibility index (Phi) is 4.23. The molecule has 4 nitrogen and oxygen atoms in total. The molecule has 1 aromatic heterocycles. The van der Waals surface area contributed by atoms with Gasteiger partial charge in [0.2, 0.25) is 0 Å². The molecule has 0 atom stereocenters. The van der Waals surface area contributed by atoms with Gasteiger partial charge in [-0.25, -0.2) is 4.39 Å². The maximum Gasteiger partial charge on any atom is 0.255 e. The summed E-state index contributed by atoms with van der Waals surface area (Å²) in [5.74, 6) is -0.438. The normalized spacial score (nSPS) is 14.6. The van der Waals surface area contributed by atoms with E-state index in [1.165, 1.54) is 28.8 Å². The second-order valence-electron chi connectivity index (χ2n) is 7.16. The fourth-order valence-corrected chi connectivity index (χ4v) is 3.31. The largest absolute Gasteiger partial charge is 0.483 e. The highest BCUT2D eigenvalue weighted by molar-refractivity contribution is 6.09. The molecule has 0 saturated heterocycles. The number of hydrogen-bond acceptors (Lipinski definition) is 3.